The van der Waals surface area contributed by atoms with Crippen molar-refractivity contribution in [2.24, 2.45) is 0 Å². The minimum atomic E-state index is -3.58. The first kappa shape index (κ1) is 18.6. The van der Waals surface area contributed by atoms with Crippen molar-refractivity contribution >= 4 is 21.6 Å². The molecule has 1 aliphatic rings. The maximum atomic E-state index is 12.6. The Hall–Kier alpha value is -2.19. The Kier molecular flexibility index (Phi) is 5.43. The maximum absolute atomic E-state index is 12.6. The molecule has 0 atom stereocenters. The third-order valence-corrected chi connectivity index (χ3v) is 6.30. The van der Waals surface area contributed by atoms with Crippen LogP contribution in [0.5, 0.6) is 0 Å². The van der Waals surface area contributed by atoms with Crippen molar-refractivity contribution in [2.45, 2.75) is 44.7 Å². The SMILES string of the molecule is Cc1ccc(NC(=O)Cn2cnc(S(=O)(=O)N3CCCCC3)c2)c(C)c1. The number of anilines is 1. The topological polar surface area (TPSA) is 84.3 Å². The molecule has 0 aliphatic carbocycles. The molecule has 3 rings (SSSR count). The Labute approximate surface area is 154 Å². The van der Waals surface area contributed by atoms with Crippen LogP contribution in [0.25, 0.3) is 0 Å². The molecular weight excluding hydrogens is 352 g/mol. The number of carbonyl (C=O) groups is 1. The average molecular weight is 376 g/mol. The molecule has 26 heavy (non-hydrogen) atoms. The lowest BCUT2D eigenvalue weighted by molar-refractivity contribution is -0.116. The first-order valence-electron chi connectivity index (χ1n) is 8.75. The summed E-state index contributed by atoms with van der Waals surface area (Å²) in [7, 11) is -3.58. The first-order valence-corrected chi connectivity index (χ1v) is 10.2. The number of benzene rings is 1. The Balaban J connectivity index is 1.67. The van der Waals surface area contributed by atoms with E-state index in [0.29, 0.717) is 13.1 Å². The third-order valence-electron chi connectivity index (χ3n) is 4.51. The number of piperidine rings is 1. The van der Waals surface area contributed by atoms with Crippen LogP contribution in [0.2, 0.25) is 0 Å². The van der Waals surface area contributed by atoms with Gasteiger partial charge in [-0.05, 0) is 38.3 Å². The largest absolute Gasteiger partial charge is 0.327 e. The second-order valence-electron chi connectivity index (χ2n) is 6.72. The number of nitrogens with one attached hydrogen (secondary N) is 1. The van der Waals surface area contributed by atoms with Gasteiger partial charge in [-0.25, -0.2) is 13.4 Å². The van der Waals surface area contributed by atoms with Crippen LogP contribution in [0.1, 0.15) is 30.4 Å². The van der Waals surface area contributed by atoms with E-state index in [9.17, 15) is 13.2 Å². The van der Waals surface area contributed by atoms with E-state index in [-0.39, 0.29) is 17.5 Å². The molecule has 0 spiro atoms. The van der Waals surface area contributed by atoms with Gasteiger partial charge >= 0.3 is 0 Å². The van der Waals surface area contributed by atoms with Crippen LogP contribution < -0.4 is 5.32 Å². The predicted molar refractivity (Wildman–Crippen MR) is 99.4 cm³/mol. The van der Waals surface area contributed by atoms with Crippen molar-refractivity contribution in [1.82, 2.24) is 13.9 Å². The Morgan fingerprint density at radius 2 is 1.92 bits per heavy atom. The number of aryl methyl sites for hydroxylation is 2. The zero-order chi connectivity index (χ0) is 18.7. The molecule has 1 aromatic heterocycles. The molecule has 7 nitrogen and oxygen atoms in total. The Morgan fingerprint density at radius 3 is 2.62 bits per heavy atom. The molecule has 8 heteroatoms. The normalized spacial score (nSPS) is 15.8. The lowest BCUT2D eigenvalue weighted by Gasteiger charge is -2.24. The zero-order valence-electron chi connectivity index (χ0n) is 15.1. The van der Waals surface area contributed by atoms with Crippen LogP contribution in [-0.4, -0.2) is 41.3 Å². The van der Waals surface area contributed by atoms with Gasteiger partial charge in [0.25, 0.3) is 10.0 Å². The average Bonchev–Trinajstić information content (AvgIpc) is 3.07. The highest BCUT2D eigenvalue weighted by atomic mass is 32.2. The third kappa shape index (κ3) is 4.13. The van der Waals surface area contributed by atoms with Crippen LogP contribution in [-0.2, 0) is 21.4 Å². The lowest BCUT2D eigenvalue weighted by Crippen LogP contribution is -2.35. The summed E-state index contributed by atoms with van der Waals surface area (Å²) in [6.45, 7) is 5.00. The first-order chi connectivity index (χ1) is 12.4. The molecule has 0 radical (unpaired) electrons. The van der Waals surface area contributed by atoms with Crippen molar-refractivity contribution < 1.29 is 13.2 Å². The van der Waals surface area contributed by atoms with Crippen LogP contribution in [0.3, 0.4) is 0 Å². The van der Waals surface area contributed by atoms with E-state index < -0.39 is 10.0 Å². The molecule has 0 saturated carbocycles. The Morgan fingerprint density at radius 1 is 1.19 bits per heavy atom. The van der Waals surface area contributed by atoms with Gasteiger partial charge in [-0.1, -0.05) is 24.1 Å². The number of carbonyl (C=O) groups excluding carboxylic acids is 1. The molecule has 0 bridgehead atoms. The van der Waals surface area contributed by atoms with E-state index in [1.54, 1.807) is 0 Å². The van der Waals surface area contributed by atoms with Gasteiger partial charge in [-0.15, -0.1) is 0 Å². The molecule has 1 fully saturated rings. The summed E-state index contributed by atoms with van der Waals surface area (Å²) < 4.78 is 28.2. The second-order valence-corrected chi connectivity index (χ2v) is 8.60. The number of hydrogen-bond acceptors (Lipinski definition) is 4. The maximum Gasteiger partial charge on any atom is 0.262 e. The van der Waals surface area contributed by atoms with E-state index in [2.05, 4.69) is 10.3 Å². The van der Waals surface area contributed by atoms with Gasteiger partial charge in [-0.2, -0.15) is 4.31 Å². The highest BCUT2D eigenvalue weighted by Crippen LogP contribution is 2.19. The van der Waals surface area contributed by atoms with Gasteiger partial charge in [0.2, 0.25) is 5.91 Å². The number of nitrogens with zero attached hydrogens (tertiary/aromatic N) is 3. The number of hydrogen-bond donors (Lipinski definition) is 1. The van der Waals surface area contributed by atoms with Gasteiger partial charge in [0.1, 0.15) is 6.54 Å². The van der Waals surface area contributed by atoms with Crippen molar-refractivity contribution in [3.8, 4) is 0 Å². The van der Waals surface area contributed by atoms with E-state index >= 15 is 0 Å². The molecule has 1 N–H and O–H groups in total. The number of aromatic nitrogens is 2. The van der Waals surface area contributed by atoms with E-state index in [1.165, 1.54) is 21.4 Å². The van der Waals surface area contributed by atoms with Gasteiger partial charge < -0.3 is 9.88 Å². The van der Waals surface area contributed by atoms with E-state index in [1.807, 2.05) is 32.0 Å². The molecular formula is C18H24N4O3S. The summed E-state index contributed by atoms with van der Waals surface area (Å²) >= 11 is 0. The van der Waals surface area contributed by atoms with E-state index in [0.717, 1.165) is 36.1 Å². The van der Waals surface area contributed by atoms with Crippen LogP contribution in [0.4, 0.5) is 5.69 Å². The van der Waals surface area contributed by atoms with Gasteiger partial charge in [0, 0.05) is 25.0 Å². The summed E-state index contributed by atoms with van der Waals surface area (Å²) in [5, 5.41) is 2.85. The highest BCUT2D eigenvalue weighted by Gasteiger charge is 2.28. The fourth-order valence-electron chi connectivity index (χ4n) is 3.11. The van der Waals surface area contributed by atoms with Crippen LogP contribution in [0, 0.1) is 13.8 Å². The minimum Gasteiger partial charge on any atom is -0.327 e. The molecule has 1 aromatic carbocycles. The smallest absolute Gasteiger partial charge is 0.262 e. The fraction of sp³-hybridized carbons (Fsp3) is 0.444. The minimum absolute atomic E-state index is 0.00119. The summed E-state index contributed by atoms with van der Waals surface area (Å²) in [4.78, 5) is 16.3. The second kappa shape index (κ2) is 7.59. The van der Waals surface area contributed by atoms with Crippen LogP contribution >= 0.6 is 0 Å². The zero-order valence-corrected chi connectivity index (χ0v) is 15.9. The highest BCUT2D eigenvalue weighted by molar-refractivity contribution is 7.89. The molecule has 1 aliphatic heterocycles. The monoisotopic (exact) mass is 376 g/mol. The number of amides is 1. The van der Waals surface area contributed by atoms with Crippen molar-refractivity contribution in [3.63, 3.8) is 0 Å². The van der Waals surface area contributed by atoms with Gasteiger partial charge in [-0.3, -0.25) is 4.79 Å². The summed E-state index contributed by atoms with van der Waals surface area (Å²) in [6, 6.07) is 5.79. The van der Waals surface area contributed by atoms with Gasteiger partial charge in [0.05, 0.1) is 6.33 Å². The Bertz CT molecular complexity index is 899. The quantitative estimate of drug-likeness (QED) is 0.868. The van der Waals surface area contributed by atoms with Crippen LogP contribution in [0.15, 0.2) is 35.7 Å². The lowest BCUT2D eigenvalue weighted by atomic mass is 10.1. The van der Waals surface area contributed by atoms with Gasteiger partial charge in [0.15, 0.2) is 5.03 Å². The summed E-state index contributed by atoms with van der Waals surface area (Å²) in [6.07, 6.45) is 5.61. The molecule has 1 amide bonds. The van der Waals surface area contributed by atoms with E-state index in [4.69, 9.17) is 0 Å². The molecule has 140 valence electrons. The molecule has 0 unspecified atom stereocenters. The van der Waals surface area contributed by atoms with Crippen molar-refractivity contribution in [2.75, 3.05) is 18.4 Å². The van der Waals surface area contributed by atoms with Crippen molar-refractivity contribution in [1.29, 1.82) is 0 Å². The molecule has 2 aromatic rings. The van der Waals surface area contributed by atoms with Crippen molar-refractivity contribution in [3.05, 3.63) is 41.9 Å². The molecule has 1 saturated heterocycles. The molecule has 2 heterocycles. The number of imidazole rings is 1. The number of sulfonamides is 1. The standard InChI is InChI=1S/C18H24N4O3S/c1-14-6-7-16(15(2)10-14)20-17(23)11-21-12-18(19-13-21)26(24,25)22-8-4-3-5-9-22/h6-7,10,12-13H,3-5,8-9,11H2,1-2H3,(H,20,23). The fourth-order valence-corrected chi connectivity index (χ4v) is 4.56. The number of rotatable bonds is 5. The summed E-state index contributed by atoms with van der Waals surface area (Å²) in [5.41, 5.74) is 2.86. The predicted octanol–water partition coefficient (Wildman–Crippen LogP) is 2.31. The summed E-state index contributed by atoms with van der Waals surface area (Å²) in [5.74, 6) is -0.226.